The molecule has 1 amide bonds. The van der Waals surface area contributed by atoms with E-state index in [1.54, 1.807) is 0 Å². The number of rotatable bonds is 6. The number of carbonyl (C=O) groups is 1. The number of sulfone groups is 1. The summed E-state index contributed by atoms with van der Waals surface area (Å²) in [6.07, 6.45) is 0.431. The quantitative estimate of drug-likeness (QED) is 0.703. The van der Waals surface area contributed by atoms with Gasteiger partial charge in [0.15, 0.2) is 9.84 Å². The van der Waals surface area contributed by atoms with Gasteiger partial charge in [-0.05, 0) is 18.2 Å². The molecule has 1 aromatic rings. The Morgan fingerprint density at radius 2 is 2.18 bits per heavy atom. The molecule has 0 aliphatic rings. The number of methoxy groups -OCH3 is 1. The summed E-state index contributed by atoms with van der Waals surface area (Å²) in [5.74, 6) is -0.0000959. The Balaban J connectivity index is 3.20. The molecule has 0 saturated heterocycles. The summed E-state index contributed by atoms with van der Waals surface area (Å²) in [5.41, 5.74) is 0.265. The second-order valence-corrected chi connectivity index (χ2v) is 5.28. The first-order valence-corrected chi connectivity index (χ1v) is 6.42. The van der Waals surface area contributed by atoms with Crippen molar-refractivity contribution in [1.29, 1.82) is 0 Å². The van der Waals surface area contributed by atoms with Crippen LogP contribution in [0.25, 0.3) is 0 Å². The van der Waals surface area contributed by atoms with Gasteiger partial charge in [0.05, 0.1) is 30.1 Å². The second-order valence-electron chi connectivity index (χ2n) is 3.17. The van der Waals surface area contributed by atoms with Gasteiger partial charge in [-0.2, -0.15) is 0 Å². The van der Waals surface area contributed by atoms with E-state index in [-0.39, 0.29) is 16.3 Å². The lowest BCUT2D eigenvalue weighted by Crippen LogP contribution is -2.10. The number of nitrogens with one attached hydrogen (secondary N) is 1. The number of anilines is 1. The van der Waals surface area contributed by atoms with Crippen molar-refractivity contribution in [3.63, 3.8) is 0 Å². The van der Waals surface area contributed by atoms with Crippen molar-refractivity contribution in [1.82, 2.24) is 0 Å². The predicted octanol–water partition coefficient (Wildman–Crippen LogP) is 0.0295. The fraction of sp³-hybridized carbons (Fsp3) is 0.300. The normalized spacial score (nSPS) is 10.9. The van der Waals surface area contributed by atoms with Crippen LogP contribution in [0.5, 0.6) is 5.75 Å². The Kier molecular flexibility index (Phi) is 4.47. The number of hydrogen-bond donors (Lipinski definition) is 2. The molecular weight excluding hydrogens is 246 g/mol. The van der Waals surface area contributed by atoms with Crippen LogP contribution in [0.4, 0.5) is 5.69 Å². The van der Waals surface area contributed by atoms with Crippen LogP contribution in [-0.2, 0) is 14.6 Å². The van der Waals surface area contributed by atoms with Crippen LogP contribution in [0.15, 0.2) is 23.1 Å². The number of carbonyl (C=O) groups excluding carboxylic acids is 1. The minimum Gasteiger partial charge on any atom is -0.495 e. The van der Waals surface area contributed by atoms with Crippen LogP contribution in [-0.4, -0.2) is 39.4 Å². The highest BCUT2D eigenvalue weighted by Crippen LogP contribution is 2.27. The predicted molar refractivity (Wildman–Crippen MR) is 61.8 cm³/mol. The number of aliphatic hydroxyl groups is 1. The van der Waals surface area contributed by atoms with E-state index < -0.39 is 16.4 Å². The Bertz CT molecular complexity index is 497. The van der Waals surface area contributed by atoms with Crippen molar-refractivity contribution in [2.24, 2.45) is 0 Å². The molecule has 1 rings (SSSR count). The SMILES string of the molecule is COc1ccc(S(=O)(=O)CCO)cc1NC=O. The minimum absolute atomic E-state index is 0.0247. The van der Waals surface area contributed by atoms with E-state index in [1.807, 2.05) is 0 Å². The van der Waals surface area contributed by atoms with Gasteiger partial charge in [-0.3, -0.25) is 4.79 Å². The van der Waals surface area contributed by atoms with Gasteiger partial charge in [-0.1, -0.05) is 0 Å². The summed E-state index contributed by atoms with van der Waals surface area (Å²) >= 11 is 0. The first kappa shape index (κ1) is 13.5. The largest absolute Gasteiger partial charge is 0.495 e. The van der Waals surface area contributed by atoms with Crippen LogP contribution in [0.3, 0.4) is 0 Å². The zero-order chi connectivity index (χ0) is 12.9. The fourth-order valence-corrected chi connectivity index (χ4v) is 2.34. The summed E-state index contributed by atoms with van der Waals surface area (Å²) < 4.78 is 28.3. The zero-order valence-electron chi connectivity index (χ0n) is 9.21. The Labute approximate surface area is 99.1 Å². The van der Waals surface area contributed by atoms with E-state index in [0.717, 1.165) is 0 Å². The molecule has 0 aliphatic carbocycles. The van der Waals surface area contributed by atoms with Crippen LogP contribution < -0.4 is 10.1 Å². The van der Waals surface area contributed by atoms with Gasteiger partial charge in [-0.15, -0.1) is 0 Å². The molecule has 94 valence electrons. The van der Waals surface area contributed by atoms with Gasteiger partial charge >= 0.3 is 0 Å². The second kappa shape index (κ2) is 5.65. The van der Waals surface area contributed by atoms with E-state index in [1.165, 1.54) is 25.3 Å². The summed E-state index contributed by atoms with van der Waals surface area (Å²) in [6, 6.07) is 4.09. The summed E-state index contributed by atoms with van der Waals surface area (Å²) in [4.78, 5) is 10.4. The fourth-order valence-electron chi connectivity index (χ4n) is 1.29. The van der Waals surface area contributed by atoms with E-state index in [2.05, 4.69) is 5.32 Å². The van der Waals surface area contributed by atoms with Gasteiger partial charge in [-0.25, -0.2) is 8.42 Å². The standard InChI is InChI=1S/C10H13NO5S/c1-16-10-3-2-8(6-9(10)11-7-13)17(14,15)5-4-12/h2-3,6-7,12H,4-5H2,1H3,(H,11,13). The van der Waals surface area contributed by atoms with Crippen molar-refractivity contribution < 1.29 is 23.1 Å². The topological polar surface area (TPSA) is 92.7 Å². The number of benzene rings is 1. The molecule has 0 aliphatic heterocycles. The van der Waals surface area contributed by atoms with Crippen molar-refractivity contribution in [2.45, 2.75) is 4.90 Å². The maximum atomic E-state index is 11.7. The lowest BCUT2D eigenvalue weighted by Gasteiger charge is -2.09. The molecule has 0 heterocycles. The first-order chi connectivity index (χ1) is 8.05. The molecule has 0 atom stereocenters. The van der Waals surface area contributed by atoms with E-state index >= 15 is 0 Å². The van der Waals surface area contributed by atoms with Crippen molar-refractivity contribution in [3.8, 4) is 5.75 Å². The average Bonchev–Trinajstić information content (AvgIpc) is 2.29. The Morgan fingerprint density at radius 1 is 1.47 bits per heavy atom. The average molecular weight is 259 g/mol. The highest BCUT2D eigenvalue weighted by molar-refractivity contribution is 7.91. The molecule has 0 bridgehead atoms. The van der Waals surface area contributed by atoms with E-state index in [4.69, 9.17) is 9.84 Å². The summed E-state index contributed by atoms with van der Waals surface area (Å²) in [7, 11) is -2.13. The third-order valence-electron chi connectivity index (χ3n) is 2.10. The van der Waals surface area contributed by atoms with Crippen LogP contribution in [0.1, 0.15) is 0 Å². The molecule has 0 spiro atoms. The Hall–Kier alpha value is -1.60. The first-order valence-electron chi connectivity index (χ1n) is 4.77. The maximum Gasteiger partial charge on any atom is 0.211 e. The molecule has 2 N–H and O–H groups in total. The van der Waals surface area contributed by atoms with Crippen molar-refractivity contribution >= 4 is 21.9 Å². The minimum atomic E-state index is -3.54. The summed E-state index contributed by atoms with van der Waals surface area (Å²) in [6.45, 7) is -0.454. The summed E-state index contributed by atoms with van der Waals surface area (Å²) in [5, 5.41) is 11.0. The van der Waals surface area contributed by atoms with Crippen molar-refractivity contribution in [3.05, 3.63) is 18.2 Å². The molecular formula is C10H13NO5S. The highest BCUT2D eigenvalue weighted by Gasteiger charge is 2.15. The van der Waals surface area contributed by atoms with Gasteiger partial charge in [0.25, 0.3) is 0 Å². The molecule has 6 nitrogen and oxygen atoms in total. The number of aliphatic hydroxyl groups excluding tert-OH is 1. The third-order valence-corrected chi connectivity index (χ3v) is 3.80. The molecule has 0 saturated carbocycles. The van der Waals surface area contributed by atoms with E-state index in [0.29, 0.717) is 12.2 Å². The molecule has 0 fully saturated rings. The lowest BCUT2D eigenvalue weighted by atomic mass is 10.3. The monoisotopic (exact) mass is 259 g/mol. The highest BCUT2D eigenvalue weighted by atomic mass is 32.2. The van der Waals surface area contributed by atoms with Crippen LogP contribution in [0.2, 0.25) is 0 Å². The number of amides is 1. The molecule has 0 aromatic heterocycles. The van der Waals surface area contributed by atoms with Gasteiger partial charge < -0.3 is 15.2 Å². The van der Waals surface area contributed by atoms with Gasteiger partial charge in [0.1, 0.15) is 5.75 Å². The van der Waals surface area contributed by atoms with E-state index in [9.17, 15) is 13.2 Å². The van der Waals surface area contributed by atoms with Crippen molar-refractivity contribution in [2.75, 3.05) is 24.8 Å². The van der Waals surface area contributed by atoms with Gasteiger partial charge in [0, 0.05) is 0 Å². The lowest BCUT2D eigenvalue weighted by molar-refractivity contribution is -0.105. The maximum absolute atomic E-state index is 11.7. The zero-order valence-corrected chi connectivity index (χ0v) is 10.0. The Morgan fingerprint density at radius 3 is 2.71 bits per heavy atom. The number of hydrogen-bond acceptors (Lipinski definition) is 5. The number of ether oxygens (including phenoxy) is 1. The van der Waals surface area contributed by atoms with Crippen LogP contribution in [0, 0.1) is 0 Å². The van der Waals surface area contributed by atoms with Gasteiger partial charge in [0.2, 0.25) is 6.41 Å². The molecule has 17 heavy (non-hydrogen) atoms. The molecule has 0 unspecified atom stereocenters. The molecule has 1 aromatic carbocycles. The third kappa shape index (κ3) is 3.18. The smallest absolute Gasteiger partial charge is 0.211 e. The molecule has 0 radical (unpaired) electrons. The molecule has 7 heteroatoms. The van der Waals surface area contributed by atoms with Crippen LogP contribution >= 0.6 is 0 Å².